The van der Waals surface area contributed by atoms with Crippen LogP contribution in [0.15, 0.2) is 54.6 Å². The topological polar surface area (TPSA) is 108 Å². The second-order valence-electron chi connectivity index (χ2n) is 5.53. The summed E-state index contributed by atoms with van der Waals surface area (Å²) in [5, 5.41) is 2.71. The van der Waals surface area contributed by atoms with Crippen LogP contribution in [0.3, 0.4) is 0 Å². The SMILES string of the molecule is C[C@H](OC(=O)c1ccc(OCC(N)=O)cc1)C(=O)NCc1ccccc1. The average Bonchev–Trinajstić information content (AvgIpc) is 2.65. The van der Waals surface area contributed by atoms with Crippen molar-refractivity contribution < 1.29 is 23.9 Å². The van der Waals surface area contributed by atoms with Gasteiger partial charge in [0, 0.05) is 6.54 Å². The van der Waals surface area contributed by atoms with Crippen molar-refractivity contribution >= 4 is 17.8 Å². The molecule has 2 amide bonds. The number of ether oxygens (including phenoxy) is 2. The third kappa shape index (κ3) is 5.94. The number of benzene rings is 2. The zero-order valence-electron chi connectivity index (χ0n) is 14.3. The number of primary amides is 1. The standard InChI is InChI=1S/C19H20N2O5/c1-13(18(23)21-11-14-5-3-2-4-6-14)26-19(24)15-7-9-16(10-8-15)25-12-17(20)22/h2-10,13H,11-12H2,1H3,(H2,20,22)(H,21,23)/t13-/m0/s1. The van der Waals surface area contributed by atoms with Crippen molar-refractivity contribution in [3.63, 3.8) is 0 Å². The van der Waals surface area contributed by atoms with Crippen LogP contribution < -0.4 is 15.8 Å². The van der Waals surface area contributed by atoms with Crippen LogP contribution in [0.2, 0.25) is 0 Å². The number of hydrogen-bond donors (Lipinski definition) is 2. The maximum atomic E-state index is 12.1. The van der Waals surface area contributed by atoms with E-state index in [1.165, 1.54) is 31.2 Å². The van der Waals surface area contributed by atoms with Crippen molar-refractivity contribution in [3.05, 3.63) is 65.7 Å². The molecule has 136 valence electrons. The summed E-state index contributed by atoms with van der Waals surface area (Å²) in [4.78, 5) is 34.8. The smallest absolute Gasteiger partial charge is 0.338 e. The van der Waals surface area contributed by atoms with Crippen molar-refractivity contribution in [3.8, 4) is 5.75 Å². The largest absolute Gasteiger partial charge is 0.484 e. The van der Waals surface area contributed by atoms with Gasteiger partial charge >= 0.3 is 5.97 Å². The second kappa shape index (κ2) is 9.22. The lowest BCUT2D eigenvalue weighted by Gasteiger charge is -2.14. The maximum Gasteiger partial charge on any atom is 0.338 e. The van der Waals surface area contributed by atoms with Crippen LogP contribution in [-0.2, 0) is 20.9 Å². The van der Waals surface area contributed by atoms with Crippen molar-refractivity contribution in [2.75, 3.05) is 6.61 Å². The Balaban J connectivity index is 1.83. The summed E-state index contributed by atoms with van der Waals surface area (Å²) in [5.41, 5.74) is 6.20. The summed E-state index contributed by atoms with van der Waals surface area (Å²) in [7, 11) is 0. The van der Waals surface area contributed by atoms with Gasteiger partial charge in [-0.1, -0.05) is 30.3 Å². The van der Waals surface area contributed by atoms with Crippen LogP contribution >= 0.6 is 0 Å². The first kappa shape index (κ1) is 19.0. The molecular formula is C19H20N2O5. The van der Waals surface area contributed by atoms with Crippen molar-refractivity contribution in [1.82, 2.24) is 5.32 Å². The van der Waals surface area contributed by atoms with Crippen LogP contribution in [0.5, 0.6) is 5.75 Å². The molecule has 0 fully saturated rings. The number of carbonyl (C=O) groups is 3. The lowest BCUT2D eigenvalue weighted by atomic mass is 10.2. The Labute approximate surface area is 151 Å². The molecule has 1 atom stereocenters. The molecule has 0 aliphatic carbocycles. The van der Waals surface area contributed by atoms with Crippen LogP contribution in [0.25, 0.3) is 0 Å². The van der Waals surface area contributed by atoms with Gasteiger partial charge in [-0.3, -0.25) is 9.59 Å². The lowest BCUT2D eigenvalue weighted by molar-refractivity contribution is -0.129. The maximum absolute atomic E-state index is 12.1. The Bertz CT molecular complexity index is 759. The summed E-state index contributed by atoms with van der Waals surface area (Å²) < 4.78 is 10.3. The number of esters is 1. The number of hydrogen-bond acceptors (Lipinski definition) is 5. The first-order valence-electron chi connectivity index (χ1n) is 7.99. The van der Waals surface area contributed by atoms with E-state index >= 15 is 0 Å². The van der Waals surface area contributed by atoms with Gasteiger partial charge in [-0.2, -0.15) is 0 Å². The Morgan fingerprint density at radius 3 is 2.31 bits per heavy atom. The Morgan fingerprint density at radius 1 is 1.04 bits per heavy atom. The van der Waals surface area contributed by atoms with E-state index in [9.17, 15) is 14.4 Å². The highest BCUT2D eigenvalue weighted by atomic mass is 16.5. The average molecular weight is 356 g/mol. The van der Waals surface area contributed by atoms with Gasteiger partial charge in [0.2, 0.25) is 0 Å². The number of rotatable bonds is 8. The first-order chi connectivity index (χ1) is 12.5. The second-order valence-corrected chi connectivity index (χ2v) is 5.53. The molecule has 2 rings (SSSR count). The number of nitrogens with two attached hydrogens (primary N) is 1. The molecule has 2 aromatic rings. The normalized spacial score (nSPS) is 11.3. The van der Waals surface area contributed by atoms with Crippen LogP contribution in [0.1, 0.15) is 22.8 Å². The third-order valence-corrected chi connectivity index (χ3v) is 3.43. The molecule has 26 heavy (non-hydrogen) atoms. The van der Waals surface area contributed by atoms with Gasteiger partial charge in [-0.05, 0) is 36.8 Å². The molecule has 0 spiro atoms. The summed E-state index contributed by atoms with van der Waals surface area (Å²) in [5.74, 6) is -1.21. The number of carbonyl (C=O) groups excluding carboxylic acids is 3. The fourth-order valence-electron chi connectivity index (χ4n) is 2.05. The van der Waals surface area contributed by atoms with E-state index in [0.29, 0.717) is 12.3 Å². The van der Waals surface area contributed by atoms with E-state index in [1.54, 1.807) is 0 Å². The minimum atomic E-state index is -0.933. The van der Waals surface area contributed by atoms with Gasteiger partial charge < -0.3 is 20.5 Å². The third-order valence-electron chi connectivity index (χ3n) is 3.43. The molecule has 7 nitrogen and oxygen atoms in total. The molecule has 3 N–H and O–H groups in total. The molecule has 0 unspecified atom stereocenters. The Hall–Kier alpha value is -3.35. The molecule has 0 aliphatic heterocycles. The Kier molecular flexibility index (Phi) is 6.73. The van der Waals surface area contributed by atoms with E-state index in [2.05, 4.69) is 5.32 Å². The van der Waals surface area contributed by atoms with Gasteiger partial charge in [0.05, 0.1) is 5.56 Å². The summed E-state index contributed by atoms with van der Waals surface area (Å²) >= 11 is 0. The minimum absolute atomic E-state index is 0.248. The molecule has 0 saturated heterocycles. The van der Waals surface area contributed by atoms with E-state index in [-0.39, 0.29) is 18.1 Å². The highest BCUT2D eigenvalue weighted by Gasteiger charge is 2.18. The van der Waals surface area contributed by atoms with Crippen molar-refractivity contribution in [1.29, 1.82) is 0 Å². The summed E-state index contributed by atoms with van der Waals surface area (Å²) in [6.45, 7) is 1.61. The number of nitrogens with one attached hydrogen (secondary N) is 1. The molecule has 7 heteroatoms. The van der Waals surface area contributed by atoms with Crippen LogP contribution in [0.4, 0.5) is 0 Å². The van der Waals surface area contributed by atoms with E-state index < -0.39 is 18.0 Å². The first-order valence-corrected chi connectivity index (χ1v) is 7.99. The Morgan fingerprint density at radius 2 is 1.69 bits per heavy atom. The van der Waals surface area contributed by atoms with E-state index in [1.807, 2.05) is 30.3 Å². The predicted molar refractivity (Wildman–Crippen MR) is 94.3 cm³/mol. The van der Waals surface area contributed by atoms with Crippen molar-refractivity contribution in [2.24, 2.45) is 5.73 Å². The van der Waals surface area contributed by atoms with Gasteiger partial charge in [-0.25, -0.2) is 4.79 Å². The highest BCUT2D eigenvalue weighted by molar-refractivity contribution is 5.92. The van der Waals surface area contributed by atoms with E-state index in [0.717, 1.165) is 5.56 Å². The van der Waals surface area contributed by atoms with Gasteiger partial charge in [0.15, 0.2) is 12.7 Å². The van der Waals surface area contributed by atoms with Gasteiger partial charge in [-0.15, -0.1) is 0 Å². The fourth-order valence-corrected chi connectivity index (χ4v) is 2.05. The zero-order valence-corrected chi connectivity index (χ0v) is 14.3. The highest BCUT2D eigenvalue weighted by Crippen LogP contribution is 2.13. The molecular weight excluding hydrogens is 336 g/mol. The van der Waals surface area contributed by atoms with Gasteiger partial charge in [0.25, 0.3) is 11.8 Å². The molecule has 0 aromatic heterocycles. The summed E-state index contributed by atoms with van der Waals surface area (Å²) in [6, 6.07) is 15.4. The molecule has 2 aromatic carbocycles. The molecule has 0 radical (unpaired) electrons. The monoisotopic (exact) mass is 356 g/mol. The van der Waals surface area contributed by atoms with Crippen molar-refractivity contribution in [2.45, 2.75) is 19.6 Å². The van der Waals surface area contributed by atoms with Crippen LogP contribution in [0, 0.1) is 0 Å². The van der Waals surface area contributed by atoms with Crippen LogP contribution in [-0.4, -0.2) is 30.5 Å². The molecule has 0 heterocycles. The quantitative estimate of drug-likeness (QED) is 0.696. The lowest BCUT2D eigenvalue weighted by Crippen LogP contribution is -2.35. The minimum Gasteiger partial charge on any atom is -0.484 e. The number of amides is 2. The molecule has 0 aliphatic rings. The predicted octanol–water partition coefficient (Wildman–Crippen LogP) is 1.41. The summed E-state index contributed by atoms with van der Waals surface area (Å²) in [6.07, 6.45) is -0.933. The molecule has 0 saturated carbocycles. The fraction of sp³-hybridized carbons (Fsp3) is 0.211. The zero-order chi connectivity index (χ0) is 18.9. The van der Waals surface area contributed by atoms with Gasteiger partial charge in [0.1, 0.15) is 5.75 Å². The van der Waals surface area contributed by atoms with E-state index in [4.69, 9.17) is 15.2 Å². The molecule has 0 bridgehead atoms.